The molecule has 1 heterocycles. The minimum absolute atomic E-state index is 0.710. The van der Waals surface area contributed by atoms with Crippen molar-refractivity contribution in [3.8, 4) is 11.5 Å². The van der Waals surface area contributed by atoms with Crippen molar-refractivity contribution in [2.45, 2.75) is 20.3 Å². The predicted molar refractivity (Wildman–Crippen MR) is 56.1 cm³/mol. The normalized spacial score (nSPS) is 10.4. The average molecular weight is 187 g/mol. The quantitative estimate of drug-likeness (QED) is 0.721. The Morgan fingerprint density at radius 2 is 1.93 bits per heavy atom. The molecule has 0 fully saturated rings. The summed E-state index contributed by atoms with van der Waals surface area (Å²) in [5.74, 6) is 0.710. The van der Waals surface area contributed by atoms with Crippen molar-refractivity contribution in [2.75, 3.05) is 0 Å². The van der Waals surface area contributed by atoms with Crippen molar-refractivity contribution in [2.24, 2.45) is 0 Å². The molecule has 0 spiro atoms. The summed E-state index contributed by atoms with van der Waals surface area (Å²) in [6.45, 7) is 4.13. The Balaban J connectivity index is 2.34. The van der Waals surface area contributed by atoms with Crippen LogP contribution in [0.5, 0.6) is 0 Å². The Bertz CT molecular complexity index is 414. The van der Waals surface area contributed by atoms with Gasteiger partial charge in [0.2, 0.25) is 5.89 Å². The van der Waals surface area contributed by atoms with Crippen molar-refractivity contribution in [1.29, 1.82) is 0 Å². The molecule has 0 radical (unpaired) electrons. The highest BCUT2D eigenvalue weighted by Crippen LogP contribution is 2.18. The van der Waals surface area contributed by atoms with Crippen LogP contribution in [0.3, 0.4) is 0 Å². The lowest BCUT2D eigenvalue weighted by molar-refractivity contribution is 0.573. The third-order valence-electron chi connectivity index (χ3n) is 2.21. The number of rotatable bonds is 2. The first-order valence-electron chi connectivity index (χ1n) is 4.81. The van der Waals surface area contributed by atoms with Gasteiger partial charge in [-0.15, -0.1) is 0 Å². The van der Waals surface area contributed by atoms with Crippen LogP contribution in [0.4, 0.5) is 0 Å². The molecule has 2 aromatic rings. The summed E-state index contributed by atoms with van der Waals surface area (Å²) < 4.78 is 5.37. The van der Waals surface area contributed by atoms with Crippen LogP contribution in [0.15, 0.2) is 34.9 Å². The molecular formula is C12H13NO. The summed E-state index contributed by atoms with van der Waals surface area (Å²) in [6.07, 6.45) is 2.63. The van der Waals surface area contributed by atoms with Crippen molar-refractivity contribution < 1.29 is 4.42 Å². The third kappa shape index (κ3) is 1.69. The van der Waals surface area contributed by atoms with Crippen molar-refractivity contribution in [3.63, 3.8) is 0 Å². The van der Waals surface area contributed by atoms with E-state index in [4.69, 9.17) is 4.42 Å². The summed E-state index contributed by atoms with van der Waals surface area (Å²) in [7, 11) is 0. The summed E-state index contributed by atoms with van der Waals surface area (Å²) in [4.78, 5) is 4.36. The van der Waals surface area contributed by atoms with Crippen LogP contribution in [0.2, 0.25) is 0 Å². The van der Waals surface area contributed by atoms with Crippen LogP contribution in [-0.4, -0.2) is 4.98 Å². The van der Waals surface area contributed by atoms with E-state index in [0.29, 0.717) is 5.89 Å². The van der Waals surface area contributed by atoms with Crippen LogP contribution in [-0.2, 0) is 6.42 Å². The summed E-state index contributed by atoms with van der Waals surface area (Å²) in [5, 5.41) is 0. The molecule has 0 N–H and O–H groups in total. The van der Waals surface area contributed by atoms with E-state index in [-0.39, 0.29) is 0 Å². The van der Waals surface area contributed by atoms with E-state index in [9.17, 15) is 0 Å². The van der Waals surface area contributed by atoms with Crippen LogP contribution in [0, 0.1) is 6.92 Å². The van der Waals surface area contributed by atoms with Gasteiger partial charge in [-0.05, 0) is 25.5 Å². The maximum atomic E-state index is 5.37. The van der Waals surface area contributed by atoms with Gasteiger partial charge in [0.05, 0.1) is 5.69 Å². The fourth-order valence-electron chi connectivity index (χ4n) is 1.30. The van der Waals surface area contributed by atoms with E-state index in [1.807, 2.05) is 12.1 Å². The summed E-state index contributed by atoms with van der Waals surface area (Å²) in [6, 6.07) is 8.18. The number of aryl methyl sites for hydroxylation is 2. The van der Waals surface area contributed by atoms with Gasteiger partial charge in [0, 0.05) is 5.56 Å². The number of aromatic nitrogens is 1. The Morgan fingerprint density at radius 3 is 2.50 bits per heavy atom. The van der Waals surface area contributed by atoms with Gasteiger partial charge < -0.3 is 4.42 Å². The number of oxazole rings is 1. The van der Waals surface area contributed by atoms with Gasteiger partial charge in [0.1, 0.15) is 6.26 Å². The largest absolute Gasteiger partial charge is 0.444 e. The number of nitrogens with zero attached hydrogens (tertiary/aromatic N) is 1. The zero-order valence-corrected chi connectivity index (χ0v) is 8.45. The van der Waals surface area contributed by atoms with Crippen LogP contribution < -0.4 is 0 Å². The van der Waals surface area contributed by atoms with E-state index in [2.05, 4.69) is 31.0 Å². The molecule has 1 aromatic carbocycles. The lowest BCUT2D eigenvalue weighted by Crippen LogP contribution is -1.81. The molecule has 2 heteroatoms. The zero-order valence-electron chi connectivity index (χ0n) is 8.45. The van der Waals surface area contributed by atoms with Crippen molar-refractivity contribution in [3.05, 3.63) is 41.8 Å². The van der Waals surface area contributed by atoms with Gasteiger partial charge in [0.15, 0.2) is 0 Å². The maximum absolute atomic E-state index is 5.37. The molecule has 72 valence electrons. The SMILES string of the molecule is CCc1coc(-c2ccc(C)cc2)n1. The molecule has 2 rings (SSSR count). The lowest BCUT2D eigenvalue weighted by Gasteiger charge is -1.95. The molecule has 0 aliphatic heterocycles. The minimum atomic E-state index is 0.710. The smallest absolute Gasteiger partial charge is 0.226 e. The van der Waals surface area contributed by atoms with Crippen LogP contribution >= 0.6 is 0 Å². The summed E-state index contributed by atoms with van der Waals surface area (Å²) in [5.41, 5.74) is 3.28. The standard InChI is InChI=1S/C12H13NO/c1-3-11-8-14-12(13-11)10-6-4-9(2)5-7-10/h4-8H,3H2,1-2H3. The highest BCUT2D eigenvalue weighted by atomic mass is 16.3. The van der Waals surface area contributed by atoms with Crippen LogP contribution in [0.1, 0.15) is 18.2 Å². The zero-order chi connectivity index (χ0) is 9.97. The first-order valence-corrected chi connectivity index (χ1v) is 4.81. The second kappa shape index (κ2) is 3.66. The summed E-state index contributed by atoms with van der Waals surface area (Å²) >= 11 is 0. The third-order valence-corrected chi connectivity index (χ3v) is 2.21. The highest BCUT2D eigenvalue weighted by Gasteiger charge is 2.04. The first-order chi connectivity index (χ1) is 6.79. The van der Waals surface area contributed by atoms with Crippen LogP contribution in [0.25, 0.3) is 11.5 Å². The Morgan fingerprint density at radius 1 is 1.21 bits per heavy atom. The fraction of sp³-hybridized carbons (Fsp3) is 0.250. The Kier molecular flexibility index (Phi) is 2.35. The average Bonchev–Trinajstić information content (AvgIpc) is 2.67. The molecule has 1 aromatic heterocycles. The van der Waals surface area contributed by atoms with Gasteiger partial charge in [-0.1, -0.05) is 24.6 Å². The second-order valence-corrected chi connectivity index (χ2v) is 3.36. The topological polar surface area (TPSA) is 26.0 Å². The molecule has 0 saturated carbocycles. The van der Waals surface area contributed by atoms with Crippen molar-refractivity contribution >= 4 is 0 Å². The number of hydrogen-bond donors (Lipinski definition) is 0. The van der Waals surface area contributed by atoms with Gasteiger partial charge in [-0.25, -0.2) is 4.98 Å². The highest BCUT2D eigenvalue weighted by molar-refractivity contribution is 5.53. The van der Waals surface area contributed by atoms with E-state index in [1.54, 1.807) is 6.26 Å². The molecule has 14 heavy (non-hydrogen) atoms. The predicted octanol–water partition coefficient (Wildman–Crippen LogP) is 3.21. The number of hydrogen-bond acceptors (Lipinski definition) is 2. The maximum Gasteiger partial charge on any atom is 0.226 e. The fourth-order valence-corrected chi connectivity index (χ4v) is 1.30. The Hall–Kier alpha value is -1.57. The van der Waals surface area contributed by atoms with E-state index < -0.39 is 0 Å². The second-order valence-electron chi connectivity index (χ2n) is 3.36. The molecule has 2 nitrogen and oxygen atoms in total. The molecule has 0 aliphatic carbocycles. The molecule has 0 aliphatic rings. The lowest BCUT2D eigenvalue weighted by atomic mass is 10.1. The minimum Gasteiger partial charge on any atom is -0.444 e. The van der Waals surface area contributed by atoms with E-state index >= 15 is 0 Å². The molecule has 0 unspecified atom stereocenters. The van der Waals surface area contributed by atoms with E-state index in [0.717, 1.165) is 17.7 Å². The first kappa shape index (κ1) is 9.00. The van der Waals surface area contributed by atoms with Gasteiger partial charge >= 0.3 is 0 Å². The van der Waals surface area contributed by atoms with E-state index in [1.165, 1.54) is 5.56 Å². The monoisotopic (exact) mass is 187 g/mol. The van der Waals surface area contributed by atoms with Crippen molar-refractivity contribution in [1.82, 2.24) is 4.98 Å². The Labute approximate surface area is 83.6 Å². The molecule has 0 amide bonds. The van der Waals surface area contributed by atoms with Gasteiger partial charge in [0.25, 0.3) is 0 Å². The molecule has 0 atom stereocenters. The molecular weight excluding hydrogens is 174 g/mol. The van der Waals surface area contributed by atoms with Gasteiger partial charge in [-0.3, -0.25) is 0 Å². The molecule has 0 saturated heterocycles. The number of benzene rings is 1. The van der Waals surface area contributed by atoms with Gasteiger partial charge in [-0.2, -0.15) is 0 Å². The molecule has 0 bridgehead atoms.